The van der Waals surface area contributed by atoms with E-state index in [1.807, 2.05) is 43.7 Å². The molecule has 0 saturated heterocycles. The van der Waals surface area contributed by atoms with E-state index in [1.165, 1.54) is 0 Å². The van der Waals surface area contributed by atoms with E-state index in [2.05, 4.69) is 0 Å². The summed E-state index contributed by atoms with van der Waals surface area (Å²) >= 11 is 0. The summed E-state index contributed by atoms with van der Waals surface area (Å²) in [6.45, 7) is 5.91. The number of hydrogen-bond donors (Lipinski definition) is 0. The maximum atomic E-state index is 11.9. The molecule has 1 aromatic rings. The Kier molecular flexibility index (Phi) is 4.77. The molecule has 1 aromatic heterocycles. The molecule has 4 nitrogen and oxygen atoms in total. The smallest absolute Gasteiger partial charge is 0.355 e. The number of nitrogens with zero attached hydrogens (tertiary/aromatic N) is 2. The summed E-state index contributed by atoms with van der Waals surface area (Å²) in [5, 5.41) is 8.61. The van der Waals surface area contributed by atoms with Crippen LogP contribution in [0.4, 0.5) is 0 Å². The van der Waals surface area contributed by atoms with Gasteiger partial charge in [-0.3, -0.25) is 0 Å². The topological polar surface area (TPSA) is 55.0 Å². The lowest BCUT2D eigenvalue weighted by atomic mass is 10.2. The van der Waals surface area contributed by atoms with E-state index < -0.39 is 0 Å². The Labute approximate surface area is 102 Å². The molecule has 0 N–H and O–H groups in total. The van der Waals surface area contributed by atoms with Crippen molar-refractivity contribution in [2.75, 3.05) is 0 Å². The fourth-order valence-electron chi connectivity index (χ4n) is 1.60. The quantitative estimate of drug-likeness (QED) is 0.736. The molecule has 0 saturated carbocycles. The third kappa shape index (κ3) is 3.35. The van der Waals surface area contributed by atoms with Gasteiger partial charge in [-0.25, -0.2) is 4.79 Å². The van der Waals surface area contributed by atoms with Crippen LogP contribution in [-0.4, -0.2) is 16.6 Å². The van der Waals surface area contributed by atoms with Gasteiger partial charge in [0.1, 0.15) is 11.8 Å². The van der Waals surface area contributed by atoms with E-state index in [4.69, 9.17) is 10.00 Å². The number of ether oxygens (including phenoxy) is 1. The molecule has 0 aliphatic carbocycles. The van der Waals surface area contributed by atoms with E-state index >= 15 is 0 Å². The lowest BCUT2D eigenvalue weighted by molar-refractivity contribution is 0.0289. The molecule has 1 atom stereocenters. The predicted octanol–water partition coefficient (Wildman–Crippen LogP) is 2.92. The highest BCUT2D eigenvalue weighted by atomic mass is 16.5. The number of esters is 1. The SMILES string of the molecule is CC[C@H](CC#N)OC(=O)c1cccn1C(C)C. The van der Waals surface area contributed by atoms with Crippen LogP contribution in [0.2, 0.25) is 0 Å². The van der Waals surface area contributed by atoms with Crippen molar-refractivity contribution in [3.8, 4) is 6.07 Å². The van der Waals surface area contributed by atoms with Crippen LogP contribution in [0.25, 0.3) is 0 Å². The van der Waals surface area contributed by atoms with E-state index in [0.29, 0.717) is 12.1 Å². The summed E-state index contributed by atoms with van der Waals surface area (Å²) in [5.41, 5.74) is 0.538. The summed E-state index contributed by atoms with van der Waals surface area (Å²) in [6.07, 6.45) is 2.43. The van der Waals surface area contributed by atoms with Crippen LogP contribution < -0.4 is 0 Å². The van der Waals surface area contributed by atoms with E-state index in [9.17, 15) is 4.79 Å². The van der Waals surface area contributed by atoms with Crippen molar-refractivity contribution in [2.24, 2.45) is 0 Å². The van der Waals surface area contributed by atoms with Crippen molar-refractivity contribution in [3.05, 3.63) is 24.0 Å². The normalized spacial score (nSPS) is 12.2. The number of carbonyl (C=O) groups is 1. The van der Waals surface area contributed by atoms with Gasteiger partial charge in [-0.1, -0.05) is 6.92 Å². The summed E-state index contributed by atoms with van der Waals surface area (Å²) in [5.74, 6) is -0.356. The van der Waals surface area contributed by atoms with Crippen LogP contribution in [0.1, 0.15) is 50.1 Å². The third-order valence-corrected chi connectivity index (χ3v) is 2.59. The minimum Gasteiger partial charge on any atom is -0.457 e. The summed E-state index contributed by atoms with van der Waals surface area (Å²) in [6, 6.07) is 5.79. The number of hydrogen-bond acceptors (Lipinski definition) is 3. The van der Waals surface area contributed by atoms with Gasteiger partial charge in [-0.15, -0.1) is 0 Å². The van der Waals surface area contributed by atoms with Crippen LogP contribution in [0, 0.1) is 11.3 Å². The molecule has 0 fully saturated rings. The predicted molar refractivity (Wildman–Crippen MR) is 64.5 cm³/mol. The second-order valence-corrected chi connectivity index (χ2v) is 4.19. The van der Waals surface area contributed by atoms with Gasteiger partial charge in [-0.2, -0.15) is 5.26 Å². The lowest BCUT2D eigenvalue weighted by Crippen LogP contribution is -2.20. The largest absolute Gasteiger partial charge is 0.457 e. The Morgan fingerprint density at radius 1 is 1.59 bits per heavy atom. The third-order valence-electron chi connectivity index (χ3n) is 2.59. The molecule has 0 bridgehead atoms. The molecule has 0 aliphatic heterocycles. The molecule has 0 unspecified atom stereocenters. The fourth-order valence-corrected chi connectivity index (χ4v) is 1.60. The summed E-state index contributed by atoms with van der Waals surface area (Å²) < 4.78 is 7.16. The van der Waals surface area contributed by atoms with Gasteiger partial charge < -0.3 is 9.30 Å². The van der Waals surface area contributed by atoms with Gasteiger partial charge in [0.05, 0.1) is 12.5 Å². The Morgan fingerprint density at radius 3 is 2.82 bits per heavy atom. The van der Waals surface area contributed by atoms with Crippen LogP contribution in [0.15, 0.2) is 18.3 Å². The molecule has 1 rings (SSSR count). The Hall–Kier alpha value is -1.76. The molecule has 0 spiro atoms. The second kappa shape index (κ2) is 6.09. The highest BCUT2D eigenvalue weighted by Crippen LogP contribution is 2.14. The molecule has 0 radical (unpaired) electrons. The average Bonchev–Trinajstić information content (AvgIpc) is 2.77. The maximum absolute atomic E-state index is 11.9. The molecule has 17 heavy (non-hydrogen) atoms. The minimum atomic E-state index is -0.356. The molecule has 0 amide bonds. The first-order valence-electron chi connectivity index (χ1n) is 5.84. The van der Waals surface area contributed by atoms with Crippen LogP contribution >= 0.6 is 0 Å². The molecule has 92 valence electrons. The van der Waals surface area contributed by atoms with E-state index in [0.717, 1.165) is 0 Å². The number of aromatic nitrogens is 1. The van der Waals surface area contributed by atoms with Crippen molar-refractivity contribution in [1.82, 2.24) is 4.57 Å². The zero-order valence-electron chi connectivity index (χ0n) is 10.5. The summed E-state index contributed by atoms with van der Waals surface area (Å²) in [7, 11) is 0. The molecule has 4 heteroatoms. The Morgan fingerprint density at radius 2 is 2.29 bits per heavy atom. The monoisotopic (exact) mass is 234 g/mol. The molecular weight excluding hydrogens is 216 g/mol. The second-order valence-electron chi connectivity index (χ2n) is 4.19. The molecule has 0 aliphatic rings. The Balaban J connectivity index is 2.76. The maximum Gasteiger partial charge on any atom is 0.355 e. The van der Waals surface area contributed by atoms with Gasteiger partial charge in [0.25, 0.3) is 0 Å². The molecule has 0 aromatic carbocycles. The highest BCUT2D eigenvalue weighted by Gasteiger charge is 2.18. The average molecular weight is 234 g/mol. The minimum absolute atomic E-state index is 0.212. The number of rotatable bonds is 5. The first-order chi connectivity index (χ1) is 8.10. The molecular formula is C13H18N2O2. The van der Waals surface area contributed by atoms with Crippen LogP contribution in [0.3, 0.4) is 0 Å². The van der Waals surface area contributed by atoms with Gasteiger partial charge >= 0.3 is 5.97 Å². The lowest BCUT2D eigenvalue weighted by Gasteiger charge is -2.16. The van der Waals surface area contributed by atoms with E-state index in [1.54, 1.807) is 6.07 Å². The highest BCUT2D eigenvalue weighted by molar-refractivity contribution is 5.87. The van der Waals surface area contributed by atoms with Crippen LogP contribution in [-0.2, 0) is 4.74 Å². The van der Waals surface area contributed by atoms with Crippen molar-refractivity contribution in [1.29, 1.82) is 5.26 Å². The first-order valence-corrected chi connectivity index (χ1v) is 5.84. The van der Waals surface area contributed by atoms with E-state index in [-0.39, 0.29) is 24.5 Å². The number of nitriles is 1. The van der Waals surface area contributed by atoms with Crippen molar-refractivity contribution in [2.45, 2.75) is 45.8 Å². The van der Waals surface area contributed by atoms with Gasteiger partial charge in [0.2, 0.25) is 0 Å². The zero-order chi connectivity index (χ0) is 12.8. The van der Waals surface area contributed by atoms with Crippen molar-refractivity contribution < 1.29 is 9.53 Å². The first kappa shape index (κ1) is 13.3. The van der Waals surface area contributed by atoms with Crippen molar-refractivity contribution in [3.63, 3.8) is 0 Å². The standard InChI is InChI=1S/C13H18N2O2/c1-4-11(7-8-14)17-13(16)12-6-5-9-15(12)10(2)3/h5-6,9-11H,4,7H2,1-3H3/t11-/m1/s1. The van der Waals surface area contributed by atoms with Crippen molar-refractivity contribution >= 4 is 5.97 Å². The van der Waals surface area contributed by atoms with Crippen LogP contribution in [0.5, 0.6) is 0 Å². The molecule has 1 heterocycles. The van der Waals surface area contributed by atoms with Gasteiger partial charge in [0, 0.05) is 12.2 Å². The summed E-state index contributed by atoms with van der Waals surface area (Å²) in [4.78, 5) is 11.9. The zero-order valence-corrected chi connectivity index (χ0v) is 10.5. The van der Waals surface area contributed by atoms with Gasteiger partial charge in [-0.05, 0) is 32.4 Å². The van der Waals surface area contributed by atoms with Gasteiger partial charge in [0.15, 0.2) is 0 Å². The Bertz CT molecular complexity index is 415. The fraction of sp³-hybridized carbons (Fsp3) is 0.538. The number of carbonyl (C=O) groups excluding carboxylic acids is 1.